The van der Waals surface area contributed by atoms with Crippen LogP contribution in [-0.4, -0.2) is 24.7 Å². The lowest BCUT2D eigenvalue weighted by Gasteiger charge is -2.00. The van der Waals surface area contributed by atoms with Crippen LogP contribution >= 0.6 is 0 Å². The van der Waals surface area contributed by atoms with Crippen molar-refractivity contribution in [3.63, 3.8) is 0 Å². The molecular formula is C13H11N5. The molecule has 0 aliphatic rings. The molecule has 0 atom stereocenters. The molecule has 0 spiro atoms. The molecule has 0 fully saturated rings. The second kappa shape index (κ2) is 4.37. The summed E-state index contributed by atoms with van der Waals surface area (Å²) in [6, 6.07) is 9.89. The van der Waals surface area contributed by atoms with Crippen molar-refractivity contribution in [3.05, 3.63) is 54.7 Å². The van der Waals surface area contributed by atoms with Gasteiger partial charge in [-0.15, -0.1) is 5.10 Å². The number of rotatable bonds is 2. The Hall–Kier alpha value is -2.56. The number of para-hydroxylation sites is 1. The minimum absolute atomic E-state index is 0.587. The standard InChI is InChI=1S/C13H11N5/c1-10-16-13(12-9-14-7-8-15-12)17-18(10)11-5-3-2-4-6-11/h2-9H,1H3. The first-order valence-corrected chi connectivity index (χ1v) is 5.60. The third kappa shape index (κ3) is 1.86. The van der Waals surface area contributed by atoms with Crippen LogP contribution in [0.4, 0.5) is 0 Å². The van der Waals surface area contributed by atoms with Crippen molar-refractivity contribution in [1.82, 2.24) is 24.7 Å². The van der Waals surface area contributed by atoms with E-state index >= 15 is 0 Å². The molecule has 5 heteroatoms. The second-order valence-corrected chi connectivity index (χ2v) is 3.82. The lowest BCUT2D eigenvalue weighted by atomic mass is 10.3. The number of hydrogen-bond acceptors (Lipinski definition) is 4. The van der Waals surface area contributed by atoms with E-state index in [1.165, 1.54) is 0 Å². The summed E-state index contributed by atoms with van der Waals surface area (Å²) in [5, 5.41) is 4.45. The van der Waals surface area contributed by atoms with Crippen molar-refractivity contribution in [3.8, 4) is 17.2 Å². The van der Waals surface area contributed by atoms with E-state index < -0.39 is 0 Å². The van der Waals surface area contributed by atoms with Gasteiger partial charge in [-0.2, -0.15) is 0 Å². The summed E-state index contributed by atoms with van der Waals surface area (Å²) >= 11 is 0. The molecule has 0 aliphatic heterocycles. The van der Waals surface area contributed by atoms with Crippen molar-refractivity contribution < 1.29 is 0 Å². The van der Waals surface area contributed by atoms with Crippen LogP contribution in [0.15, 0.2) is 48.9 Å². The van der Waals surface area contributed by atoms with Gasteiger partial charge in [-0.05, 0) is 19.1 Å². The molecular weight excluding hydrogens is 226 g/mol. The summed E-state index contributed by atoms with van der Waals surface area (Å²) in [4.78, 5) is 12.6. The van der Waals surface area contributed by atoms with E-state index in [1.807, 2.05) is 37.3 Å². The van der Waals surface area contributed by atoms with Gasteiger partial charge < -0.3 is 0 Å². The van der Waals surface area contributed by atoms with E-state index in [9.17, 15) is 0 Å². The Kier molecular flexibility index (Phi) is 2.57. The average molecular weight is 237 g/mol. The highest BCUT2D eigenvalue weighted by atomic mass is 15.4. The molecule has 2 aromatic heterocycles. The molecule has 0 radical (unpaired) electrons. The highest BCUT2D eigenvalue weighted by Gasteiger charge is 2.10. The van der Waals surface area contributed by atoms with Gasteiger partial charge in [-0.3, -0.25) is 4.98 Å². The van der Waals surface area contributed by atoms with Crippen molar-refractivity contribution >= 4 is 0 Å². The van der Waals surface area contributed by atoms with Gasteiger partial charge in [0.1, 0.15) is 11.5 Å². The maximum absolute atomic E-state index is 4.45. The van der Waals surface area contributed by atoms with E-state index in [0.29, 0.717) is 11.5 Å². The van der Waals surface area contributed by atoms with Crippen molar-refractivity contribution in [2.45, 2.75) is 6.92 Å². The minimum atomic E-state index is 0.587. The van der Waals surface area contributed by atoms with Gasteiger partial charge in [0.05, 0.1) is 11.9 Å². The molecule has 0 bridgehead atoms. The Morgan fingerprint density at radius 3 is 2.61 bits per heavy atom. The van der Waals surface area contributed by atoms with E-state index in [1.54, 1.807) is 23.3 Å². The summed E-state index contributed by atoms with van der Waals surface area (Å²) in [6.07, 6.45) is 4.92. The number of benzene rings is 1. The Bertz CT molecular complexity index is 646. The minimum Gasteiger partial charge on any atom is -0.261 e. The van der Waals surface area contributed by atoms with Crippen molar-refractivity contribution in [2.24, 2.45) is 0 Å². The molecule has 0 amide bonds. The highest BCUT2D eigenvalue weighted by Crippen LogP contribution is 2.14. The second-order valence-electron chi connectivity index (χ2n) is 3.82. The third-order valence-electron chi connectivity index (χ3n) is 2.56. The molecule has 3 aromatic rings. The van der Waals surface area contributed by atoms with Gasteiger partial charge in [-0.25, -0.2) is 14.6 Å². The van der Waals surface area contributed by atoms with Gasteiger partial charge in [0.15, 0.2) is 0 Å². The van der Waals surface area contributed by atoms with Crippen LogP contribution in [0.25, 0.3) is 17.2 Å². The Morgan fingerprint density at radius 1 is 1.06 bits per heavy atom. The fourth-order valence-corrected chi connectivity index (χ4v) is 1.73. The fourth-order valence-electron chi connectivity index (χ4n) is 1.73. The van der Waals surface area contributed by atoms with Crippen LogP contribution < -0.4 is 0 Å². The van der Waals surface area contributed by atoms with Crippen molar-refractivity contribution in [1.29, 1.82) is 0 Å². The maximum atomic E-state index is 4.45. The number of aromatic nitrogens is 5. The van der Waals surface area contributed by atoms with E-state index in [-0.39, 0.29) is 0 Å². The lowest BCUT2D eigenvalue weighted by Crippen LogP contribution is -1.98. The van der Waals surface area contributed by atoms with Gasteiger partial charge >= 0.3 is 0 Å². The van der Waals surface area contributed by atoms with Crippen LogP contribution in [0, 0.1) is 6.92 Å². The normalized spacial score (nSPS) is 10.5. The first-order valence-electron chi connectivity index (χ1n) is 5.60. The zero-order chi connectivity index (χ0) is 12.4. The molecule has 1 aromatic carbocycles. The van der Waals surface area contributed by atoms with Gasteiger partial charge in [0, 0.05) is 12.4 Å². The van der Waals surface area contributed by atoms with Crippen LogP contribution in [0.3, 0.4) is 0 Å². The summed E-state index contributed by atoms with van der Waals surface area (Å²) < 4.78 is 1.80. The first kappa shape index (κ1) is 10.6. The molecule has 0 N–H and O–H groups in total. The van der Waals surface area contributed by atoms with Crippen LogP contribution in [0.5, 0.6) is 0 Å². The van der Waals surface area contributed by atoms with Gasteiger partial charge in [-0.1, -0.05) is 18.2 Å². The number of aryl methyl sites for hydroxylation is 1. The molecule has 88 valence electrons. The SMILES string of the molecule is Cc1nc(-c2cnccn2)nn1-c1ccccc1. The Morgan fingerprint density at radius 2 is 1.89 bits per heavy atom. The summed E-state index contributed by atoms with van der Waals surface area (Å²) in [6.45, 7) is 1.92. The predicted octanol–water partition coefficient (Wildman–Crippen LogP) is 2.03. The molecule has 0 saturated heterocycles. The zero-order valence-electron chi connectivity index (χ0n) is 9.85. The number of hydrogen-bond donors (Lipinski definition) is 0. The molecule has 18 heavy (non-hydrogen) atoms. The monoisotopic (exact) mass is 237 g/mol. The van der Waals surface area contributed by atoms with E-state index in [0.717, 1.165) is 11.5 Å². The van der Waals surface area contributed by atoms with Crippen molar-refractivity contribution in [2.75, 3.05) is 0 Å². The smallest absolute Gasteiger partial charge is 0.202 e. The predicted molar refractivity (Wildman–Crippen MR) is 67.1 cm³/mol. The summed E-state index contributed by atoms with van der Waals surface area (Å²) in [5.41, 5.74) is 1.66. The molecule has 0 saturated carbocycles. The molecule has 5 nitrogen and oxygen atoms in total. The van der Waals surface area contributed by atoms with Gasteiger partial charge in [0.25, 0.3) is 0 Å². The van der Waals surface area contributed by atoms with Crippen LogP contribution in [0.1, 0.15) is 5.82 Å². The quantitative estimate of drug-likeness (QED) is 0.684. The van der Waals surface area contributed by atoms with Crippen LogP contribution in [-0.2, 0) is 0 Å². The topological polar surface area (TPSA) is 56.5 Å². The largest absolute Gasteiger partial charge is 0.261 e. The van der Waals surface area contributed by atoms with Gasteiger partial charge in [0.2, 0.25) is 5.82 Å². The first-order chi connectivity index (χ1) is 8.84. The molecule has 3 rings (SSSR count). The van der Waals surface area contributed by atoms with E-state index in [2.05, 4.69) is 20.1 Å². The lowest BCUT2D eigenvalue weighted by molar-refractivity contribution is 0.841. The Balaban J connectivity index is 2.07. The zero-order valence-corrected chi connectivity index (χ0v) is 9.85. The average Bonchev–Trinajstić information content (AvgIpc) is 2.83. The summed E-state index contributed by atoms with van der Waals surface area (Å²) in [5.74, 6) is 1.41. The Labute approximate surface area is 104 Å². The number of nitrogens with zero attached hydrogens (tertiary/aromatic N) is 5. The van der Waals surface area contributed by atoms with Crippen LogP contribution in [0.2, 0.25) is 0 Å². The summed E-state index contributed by atoms with van der Waals surface area (Å²) in [7, 11) is 0. The molecule has 2 heterocycles. The fraction of sp³-hybridized carbons (Fsp3) is 0.0769. The maximum Gasteiger partial charge on any atom is 0.202 e. The van der Waals surface area contributed by atoms with E-state index in [4.69, 9.17) is 0 Å². The highest BCUT2D eigenvalue weighted by molar-refractivity contribution is 5.47. The third-order valence-corrected chi connectivity index (χ3v) is 2.56. The molecule has 0 unspecified atom stereocenters. The molecule has 0 aliphatic carbocycles.